The summed E-state index contributed by atoms with van der Waals surface area (Å²) >= 11 is 6.17. The number of anilines is 1. The Balaban J connectivity index is 1.58. The van der Waals surface area contributed by atoms with E-state index in [1.807, 2.05) is 0 Å². The van der Waals surface area contributed by atoms with Gasteiger partial charge in [-0.05, 0) is 30.3 Å². The number of hydrogen-bond donors (Lipinski definition) is 1. The quantitative estimate of drug-likeness (QED) is 0.787. The second kappa shape index (κ2) is 8.19. The maximum absolute atomic E-state index is 12.9. The number of amides is 1. The molecule has 0 unspecified atom stereocenters. The highest BCUT2D eigenvalue weighted by atomic mass is 35.5. The fourth-order valence-electron chi connectivity index (χ4n) is 3.09. The number of hydrogen-bond acceptors (Lipinski definition) is 6. The second-order valence-corrected chi connectivity index (χ2v) is 8.82. The number of benzene rings is 2. The molecule has 29 heavy (non-hydrogen) atoms. The Kier molecular flexibility index (Phi) is 5.64. The molecular formula is C19H19ClN2O6S. The predicted octanol–water partition coefficient (Wildman–Crippen LogP) is 2.38. The Morgan fingerprint density at radius 3 is 2.45 bits per heavy atom. The number of carbonyl (C=O) groups excluding carboxylic acids is 1. The standard InChI is InChI=1S/C19H19ClN2O6S/c20-16-3-2-14(29(24,25)22-5-7-26-8-6-22)12-15(16)19(23)21-13-1-4-17-18(11-13)28-10-9-27-17/h1-4,11-12H,5-10H2,(H,21,23). The molecule has 2 aromatic rings. The SMILES string of the molecule is O=C(Nc1ccc2c(c1)OCCO2)c1cc(S(=O)(=O)N2CCOCC2)ccc1Cl. The van der Waals surface area contributed by atoms with E-state index in [2.05, 4.69) is 5.32 Å². The van der Waals surface area contributed by atoms with Gasteiger partial charge in [-0.1, -0.05) is 11.6 Å². The van der Waals surface area contributed by atoms with Crippen LogP contribution in [0.4, 0.5) is 5.69 Å². The van der Waals surface area contributed by atoms with E-state index in [4.69, 9.17) is 25.8 Å². The van der Waals surface area contributed by atoms with E-state index >= 15 is 0 Å². The Labute approximate surface area is 173 Å². The summed E-state index contributed by atoms with van der Waals surface area (Å²) in [6, 6.07) is 9.12. The lowest BCUT2D eigenvalue weighted by molar-refractivity contribution is 0.0730. The summed E-state index contributed by atoms with van der Waals surface area (Å²) in [5.74, 6) is 0.611. The summed E-state index contributed by atoms with van der Waals surface area (Å²) in [6.07, 6.45) is 0. The molecule has 0 aliphatic carbocycles. The van der Waals surface area contributed by atoms with Crippen LogP contribution in [0.5, 0.6) is 11.5 Å². The van der Waals surface area contributed by atoms with E-state index < -0.39 is 15.9 Å². The molecular weight excluding hydrogens is 420 g/mol. The normalized spacial score (nSPS) is 17.0. The van der Waals surface area contributed by atoms with Gasteiger partial charge in [-0.3, -0.25) is 4.79 Å². The number of nitrogens with zero attached hydrogens (tertiary/aromatic N) is 1. The van der Waals surface area contributed by atoms with Crippen LogP contribution < -0.4 is 14.8 Å². The van der Waals surface area contributed by atoms with Gasteiger partial charge in [-0.2, -0.15) is 4.31 Å². The predicted molar refractivity (Wildman–Crippen MR) is 106 cm³/mol. The molecule has 4 rings (SSSR count). The number of ether oxygens (including phenoxy) is 3. The summed E-state index contributed by atoms with van der Waals surface area (Å²) < 4.78 is 43.2. The van der Waals surface area contributed by atoms with Crippen molar-refractivity contribution in [2.75, 3.05) is 44.8 Å². The van der Waals surface area contributed by atoms with Gasteiger partial charge in [-0.25, -0.2) is 8.42 Å². The van der Waals surface area contributed by atoms with E-state index in [1.165, 1.54) is 22.5 Å². The molecule has 0 atom stereocenters. The van der Waals surface area contributed by atoms with Crippen LogP contribution >= 0.6 is 11.6 Å². The Morgan fingerprint density at radius 2 is 1.69 bits per heavy atom. The van der Waals surface area contributed by atoms with E-state index in [1.54, 1.807) is 18.2 Å². The zero-order valence-electron chi connectivity index (χ0n) is 15.4. The molecule has 2 aliphatic heterocycles. The summed E-state index contributed by atoms with van der Waals surface area (Å²) in [7, 11) is -3.74. The molecule has 1 N–H and O–H groups in total. The molecule has 2 aromatic carbocycles. The first kappa shape index (κ1) is 20.0. The summed E-state index contributed by atoms with van der Waals surface area (Å²) in [5, 5.41) is 2.87. The highest BCUT2D eigenvalue weighted by Crippen LogP contribution is 2.33. The molecule has 2 heterocycles. The third kappa shape index (κ3) is 4.18. The van der Waals surface area contributed by atoms with Crippen LogP contribution in [-0.4, -0.2) is 58.1 Å². The second-order valence-electron chi connectivity index (χ2n) is 6.47. The minimum absolute atomic E-state index is 0.0103. The van der Waals surface area contributed by atoms with Gasteiger partial charge in [0, 0.05) is 24.8 Å². The monoisotopic (exact) mass is 438 g/mol. The van der Waals surface area contributed by atoms with Crippen molar-refractivity contribution in [2.45, 2.75) is 4.90 Å². The largest absolute Gasteiger partial charge is 0.486 e. The number of carbonyl (C=O) groups is 1. The first-order chi connectivity index (χ1) is 13.9. The van der Waals surface area contributed by atoms with E-state index in [-0.39, 0.29) is 28.6 Å². The summed E-state index contributed by atoms with van der Waals surface area (Å²) in [4.78, 5) is 12.8. The number of fused-ring (bicyclic) bond motifs is 1. The molecule has 0 bridgehead atoms. The average Bonchev–Trinajstić information content (AvgIpc) is 2.74. The molecule has 0 aromatic heterocycles. The third-order valence-electron chi connectivity index (χ3n) is 4.59. The van der Waals surface area contributed by atoms with Crippen LogP contribution in [0.3, 0.4) is 0 Å². The molecule has 154 valence electrons. The van der Waals surface area contributed by atoms with Gasteiger partial charge in [-0.15, -0.1) is 0 Å². The maximum Gasteiger partial charge on any atom is 0.257 e. The van der Waals surface area contributed by atoms with Crippen molar-refractivity contribution in [3.05, 3.63) is 47.0 Å². The lowest BCUT2D eigenvalue weighted by atomic mass is 10.2. The fourth-order valence-corrected chi connectivity index (χ4v) is 4.73. The fraction of sp³-hybridized carbons (Fsp3) is 0.316. The zero-order chi connectivity index (χ0) is 20.4. The molecule has 1 fully saturated rings. The average molecular weight is 439 g/mol. The molecule has 10 heteroatoms. The molecule has 0 radical (unpaired) electrons. The van der Waals surface area contributed by atoms with Gasteiger partial charge in [0.1, 0.15) is 13.2 Å². The van der Waals surface area contributed by atoms with E-state index in [0.29, 0.717) is 43.6 Å². The van der Waals surface area contributed by atoms with Crippen LogP contribution in [0.25, 0.3) is 0 Å². The zero-order valence-corrected chi connectivity index (χ0v) is 17.0. The lowest BCUT2D eigenvalue weighted by Gasteiger charge is -2.26. The van der Waals surface area contributed by atoms with Crippen molar-refractivity contribution in [2.24, 2.45) is 0 Å². The number of nitrogens with one attached hydrogen (secondary N) is 1. The van der Waals surface area contributed by atoms with Crippen LogP contribution in [0.2, 0.25) is 5.02 Å². The van der Waals surface area contributed by atoms with Crippen LogP contribution in [0.15, 0.2) is 41.3 Å². The van der Waals surface area contributed by atoms with Gasteiger partial charge in [0.15, 0.2) is 11.5 Å². The number of halogens is 1. The van der Waals surface area contributed by atoms with Crippen LogP contribution in [0, 0.1) is 0 Å². The minimum atomic E-state index is -3.74. The Bertz CT molecular complexity index is 1040. The van der Waals surface area contributed by atoms with Crippen molar-refractivity contribution >= 4 is 33.2 Å². The molecule has 0 saturated carbocycles. The Hall–Kier alpha value is -2.33. The van der Waals surface area contributed by atoms with Crippen LogP contribution in [0.1, 0.15) is 10.4 Å². The number of sulfonamides is 1. The van der Waals surface area contributed by atoms with Crippen molar-refractivity contribution in [3.8, 4) is 11.5 Å². The number of morpholine rings is 1. The molecule has 2 aliphatic rings. The van der Waals surface area contributed by atoms with Gasteiger partial charge in [0.2, 0.25) is 10.0 Å². The highest BCUT2D eigenvalue weighted by molar-refractivity contribution is 7.89. The topological polar surface area (TPSA) is 94.2 Å². The molecule has 1 amide bonds. The van der Waals surface area contributed by atoms with E-state index in [9.17, 15) is 13.2 Å². The molecule has 8 nitrogen and oxygen atoms in total. The van der Waals surface area contributed by atoms with Gasteiger partial charge in [0.05, 0.1) is 28.7 Å². The first-order valence-corrected chi connectivity index (χ1v) is 10.9. The maximum atomic E-state index is 12.9. The van der Waals surface area contributed by atoms with Gasteiger partial charge < -0.3 is 19.5 Å². The van der Waals surface area contributed by atoms with Crippen molar-refractivity contribution < 1.29 is 27.4 Å². The van der Waals surface area contributed by atoms with Crippen molar-refractivity contribution in [1.29, 1.82) is 0 Å². The molecule has 0 spiro atoms. The van der Waals surface area contributed by atoms with Crippen molar-refractivity contribution in [3.63, 3.8) is 0 Å². The third-order valence-corrected chi connectivity index (χ3v) is 6.81. The molecule has 1 saturated heterocycles. The highest BCUT2D eigenvalue weighted by Gasteiger charge is 2.27. The van der Waals surface area contributed by atoms with Crippen molar-refractivity contribution in [1.82, 2.24) is 4.31 Å². The minimum Gasteiger partial charge on any atom is -0.486 e. The number of rotatable bonds is 4. The summed E-state index contributed by atoms with van der Waals surface area (Å²) in [5.41, 5.74) is 0.549. The van der Waals surface area contributed by atoms with Gasteiger partial charge >= 0.3 is 0 Å². The first-order valence-electron chi connectivity index (χ1n) is 9.03. The van der Waals surface area contributed by atoms with Crippen LogP contribution in [-0.2, 0) is 14.8 Å². The van der Waals surface area contributed by atoms with Gasteiger partial charge in [0.25, 0.3) is 5.91 Å². The Morgan fingerprint density at radius 1 is 0.966 bits per heavy atom. The summed E-state index contributed by atoms with van der Waals surface area (Å²) in [6.45, 7) is 2.11. The smallest absolute Gasteiger partial charge is 0.257 e. The van der Waals surface area contributed by atoms with E-state index in [0.717, 1.165) is 0 Å². The lowest BCUT2D eigenvalue weighted by Crippen LogP contribution is -2.40.